The Kier molecular flexibility index (Phi) is 6.29. The number of carbonyl (C=O) groups excluding carboxylic acids is 1. The summed E-state index contributed by atoms with van der Waals surface area (Å²) in [6.07, 6.45) is 0.221. The molecule has 0 fully saturated rings. The van der Waals surface area contributed by atoms with Crippen LogP contribution in [0.2, 0.25) is 19.6 Å². The van der Waals surface area contributed by atoms with Gasteiger partial charge in [0.2, 0.25) is 8.32 Å². The summed E-state index contributed by atoms with van der Waals surface area (Å²) in [5.74, 6) is 0. The number of ether oxygens (including phenoxy) is 1. The second-order valence-corrected chi connectivity index (χ2v) is 11.0. The predicted molar refractivity (Wildman–Crippen MR) is 80.5 cm³/mol. The highest BCUT2D eigenvalue weighted by molar-refractivity contribution is 7.80. The molecular formula is C12H25NO3SSi. The number of thiocarbonyl (C=S) groups is 1. The van der Waals surface area contributed by atoms with Gasteiger partial charge in [-0.25, -0.2) is 4.79 Å². The molecule has 0 saturated carbocycles. The maximum Gasteiger partial charge on any atom is 0.408 e. The number of nitrogens with one attached hydrogen (secondary N) is 1. The van der Waals surface area contributed by atoms with Crippen LogP contribution >= 0.6 is 12.2 Å². The van der Waals surface area contributed by atoms with Crippen molar-refractivity contribution in [2.24, 2.45) is 0 Å². The molecule has 1 unspecified atom stereocenters. The number of hydrogen-bond donors (Lipinski definition) is 1. The van der Waals surface area contributed by atoms with Crippen LogP contribution in [-0.4, -0.2) is 31.1 Å². The topological polar surface area (TPSA) is 47.6 Å². The van der Waals surface area contributed by atoms with Gasteiger partial charge in [0.1, 0.15) is 5.60 Å². The Morgan fingerprint density at radius 2 is 1.83 bits per heavy atom. The average Bonchev–Trinajstić information content (AvgIpc) is 2.07. The van der Waals surface area contributed by atoms with Crippen molar-refractivity contribution in [3.63, 3.8) is 0 Å². The Bertz CT molecular complexity index is 307. The van der Waals surface area contributed by atoms with E-state index in [1.54, 1.807) is 0 Å². The third-order valence-corrected chi connectivity index (χ3v) is 3.14. The minimum atomic E-state index is -1.73. The molecular weight excluding hydrogens is 266 g/mol. The largest absolute Gasteiger partial charge is 0.538 e. The summed E-state index contributed by atoms with van der Waals surface area (Å²) in [7, 11) is -1.73. The molecule has 0 aromatic carbocycles. The van der Waals surface area contributed by atoms with Crippen molar-refractivity contribution in [1.82, 2.24) is 5.32 Å². The molecule has 0 saturated heterocycles. The van der Waals surface area contributed by atoms with E-state index in [1.165, 1.54) is 0 Å². The van der Waals surface area contributed by atoms with Gasteiger partial charge in [0.25, 0.3) is 0 Å². The van der Waals surface area contributed by atoms with E-state index in [1.807, 2.05) is 27.7 Å². The number of rotatable bonds is 4. The zero-order valence-electron chi connectivity index (χ0n) is 12.4. The van der Waals surface area contributed by atoms with Crippen LogP contribution in [0.1, 0.15) is 34.1 Å². The molecule has 1 atom stereocenters. The predicted octanol–water partition coefficient (Wildman–Crippen LogP) is 3.47. The quantitative estimate of drug-likeness (QED) is 0.636. The maximum absolute atomic E-state index is 11.7. The van der Waals surface area contributed by atoms with E-state index < -0.39 is 20.0 Å². The molecule has 0 spiro atoms. The van der Waals surface area contributed by atoms with Gasteiger partial charge in [0, 0.05) is 0 Å². The van der Waals surface area contributed by atoms with Gasteiger partial charge < -0.3 is 14.5 Å². The van der Waals surface area contributed by atoms with Crippen molar-refractivity contribution in [3.05, 3.63) is 0 Å². The van der Waals surface area contributed by atoms with Gasteiger partial charge in [-0.1, -0.05) is 6.92 Å². The molecule has 0 aliphatic rings. The van der Waals surface area contributed by atoms with Gasteiger partial charge in [-0.2, -0.15) is 0 Å². The summed E-state index contributed by atoms with van der Waals surface area (Å²) in [6.45, 7) is 13.6. The van der Waals surface area contributed by atoms with Crippen LogP contribution in [0.3, 0.4) is 0 Å². The van der Waals surface area contributed by atoms with Crippen LogP contribution in [-0.2, 0) is 9.16 Å². The Balaban J connectivity index is 4.44. The molecule has 0 aromatic rings. The van der Waals surface area contributed by atoms with E-state index in [4.69, 9.17) is 21.4 Å². The van der Waals surface area contributed by atoms with Crippen LogP contribution in [0.4, 0.5) is 4.79 Å². The summed E-state index contributed by atoms with van der Waals surface area (Å²) >= 11 is 5.22. The van der Waals surface area contributed by atoms with Crippen molar-refractivity contribution in [2.75, 3.05) is 0 Å². The molecule has 18 heavy (non-hydrogen) atoms. The zero-order chi connectivity index (χ0) is 14.6. The third-order valence-electron chi connectivity index (χ3n) is 1.79. The SMILES string of the molecule is CCC(NC(=O)OC(C)(C)C)C(=S)O[Si](C)(C)C. The van der Waals surface area contributed by atoms with Crippen LogP contribution in [0, 0.1) is 0 Å². The second kappa shape index (κ2) is 6.52. The number of carbonyl (C=O) groups is 1. The van der Waals surface area contributed by atoms with Gasteiger partial charge in [-0.3, -0.25) is 0 Å². The molecule has 106 valence electrons. The minimum Gasteiger partial charge on any atom is -0.538 e. The lowest BCUT2D eigenvalue weighted by Gasteiger charge is -2.27. The zero-order valence-corrected chi connectivity index (χ0v) is 14.2. The highest BCUT2D eigenvalue weighted by atomic mass is 32.1. The molecule has 1 amide bonds. The van der Waals surface area contributed by atoms with Crippen molar-refractivity contribution >= 4 is 31.7 Å². The van der Waals surface area contributed by atoms with Crippen LogP contribution in [0.5, 0.6) is 0 Å². The summed E-state index contributed by atoms with van der Waals surface area (Å²) < 4.78 is 10.9. The Hall–Kier alpha value is -0.623. The Morgan fingerprint density at radius 1 is 1.33 bits per heavy atom. The summed E-state index contributed by atoms with van der Waals surface area (Å²) in [5.41, 5.74) is -0.510. The molecule has 1 N–H and O–H groups in total. The summed E-state index contributed by atoms with van der Waals surface area (Å²) in [4.78, 5) is 11.7. The fourth-order valence-corrected chi connectivity index (χ4v) is 2.87. The van der Waals surface area contributed by atoms with Gasteiger partial charge in [-0.05, 0) is 59.1 Å². The highest BCUT2D eigenvalue weighted by Crippen LogP contribution is 2.10. The van der Waals surface area contributed by atoms with Crippen molar-refractivity contribution < 1.29 is 14.0 Å². The van der Waals surface area contributed by atoms with Gasteiger partial charge in [0.05, 0.1) is 6.04 Å². The van der Waals surface area contributed by atoms with Crippen LogP contribution < -0.4 is 5.32 Å². The van der Waals surface area contributed by atoms with Gasteiger partial charge in [0.15, 0.2) is 5.05 Å². The van der Waals surface area contributed by atoms with Crippen molar-refractivity contribution in [3.8, 4) is 0 Å². The highest BCUT2D eigenvalue weighted by Gasteiger charge is 2.25. The lowest BCUT2D eigenvalue weighted by atomic mass is 10.2. The first kappa shape index (κ1) is 17.4. The van der Waals surface area contributed by atoms with Gasteiger partial charge in [-0.15, -0.1) is 0 Å². The molecule has 0 bridgehead atoms. The first-order valence-corrected chi connectivity index (χ1v) is 9.98. The van der Waals surface area contributed by atoms with Crippen molar-refractivity contribution in [2.45, 2.75) is 65.4 Å². The first-order valence-electron chi connectivity index (χ1n) is 6.17. The van der Waals surface area contributed by atoms with E-state index in [0.29, 0.717) is 11.5 Å². The number of hydrogen-bond acceptors (Lipinski definition) is 4. The van der Waals surface area contributed by atoms with Crippen LogP contribution in [0.25, 0.3) is 0 Å². The van der Waals surface area contributed by atoms with Crippen molar-refractivity contribution in [1.29, 1.82) is 0 Å². The molecule has 0 aliphatic heterocycles. The molecule has 0 aromatic heterocycles. The fourth-order valence-electron chi connectivity index (χ4n) is 1.15. The van der Waals surface area contributed by atoms with E-state index in [-0.39, 0.29) is 6.04 Å². The first-order chi connectivity index (χ1) is 7.94. The van der Waals surface area contributed by atoms with Gasteiger partial charge >= 0.3 is 6.09 Å². The minimum absolute atomic E-state index is 0.276. The lowest BCUT2D eigenvalue weighted by Crippen LogP contribution is -2.45. The smallest absolute Gasteiger partial charge is 0.408 e. The maximum atomic E-state index is 11.7. The van der Waals surface area contributed by atoms with E-state index >= 15 is 0 Å². The fraction of sp³-hybridized carbons (Fsp3) is 0.833. The molecule has 6 heteroatoms. The molecule has 0 heterocycles. The van der Waals surface area contributed by atoms with Crippen LogP contribution in [0.15, 0.2) is 0 Å². The average molecular weight is 291 g/mol. The molecule has 0 radical (unpaired) electrons. The third kappa shape index (κ3) is 8.47. The number of amides is 1. The molecule has 4 nitrogen and oxygen atoms in total. The van der Waals surface area contributed by atoms with E-state index in [0.717, 1.165) is 0 Å². The van der Waals surface area contributed by atoms with E-state index in [2.05, 4.69) is 25.0 Å². The summed E-state index contributed by atoms with van der Waals surface area (Å²) in [6, 6.07) is -0.276. The summed E-state index contributed by atoms with van der Waals surface area (Å²) in [5, 5.41) is 3.19. The van der Waals surface area contributed by atoms with E-state index in [9.17, 15) is 4.79 Å². The normalized spacial score (nSPS) is 13.7. The Morgan fingerprint density at radius 3 is 2.17 bits per heavy atom. The molecule has 0 aliphatic carbocycles. The standard InChI is InChI=1S/C12H25NO3SSi/c1-8-9(10(17)16-18(5,6)7)13-11(14)15-12(2,3)4/h9H,8H2,1-7H3,(H,13,14). The monoisotopic (exact) mass is 291 g/mol. The lowest BCUT2D eigenvalue weighted by molar-refractivity contribution is 0.0514. The second-order valence-electron chi connectivity index (χ2n) is 6.14. The molecule has 0 rings (SSSR count). The number of alkyl carbamates (subject to hydrolysis) is 1. The Labute approximate surface area is 117 Å².